The largest absolute Gasteiger partial charge is 0.461 e. The van der Waals surface area contributed by atoms with E-state index in [0.717, 1.165) is 4.57 Å². The van der Waals surface area contributed by atoms with Gasteiger partial charge in [-0.1, -0.05) is 0 Å². The molecule has 1 aromatic rings. The number of H-pyrrole nitrogens is 1. The number of nitrogens with zero attached hydrogens (tertiary/aromatic N) is 1. The number of halogens is 1. The smallest absolute Gasteiger partial charge is 0.408 e. The number of aromatic amines is 1. The quantitative estimate of drug-likeness (QED) is 0.559. The summed E-state index contributed by atoms with van der Waals surface area (Å²) in [5, 5.41) is 12.5. The minimum atomic E-state index is -1.43. The summed E-state index contributed by atoms with van der Waals surface area (Å²) >= 11 is 0. The lowest BCUT2D eigenvalue weighted by atomic mass is 10.1. The molecule has 1 aliphatic rings. The third-order valence-electron chi connectivity index (χ3n) is 4.14. The van der Waals surface area contributed by atoms with Gasteiger partial charge in [-0.2, -0.15) is 4.39 Å². The second-order valence-corrected chi connectivity index (χ2v) is 8.43. The van der Waals surface area contributed by atoms with Gasteiger partial charge in [-0.25, -0.2) is 14.4 Å². The molecule has 3 atom stereocenters. The Kier molecular flexibility index (Phi) is 6.72. The standard InChI is InChI=1S/C18H26FN3O8/c1-17(2,3)30-16(27)21-18(4,5)14(25)28-8-11-10(23)6-12(29-11)22-7-9(19)13(24)20-15(22)26/h7,10-12,23H,6,8H2,1-5H3,(H,21,27)(H,20,24,26)/t10-,11+,12+/m0/s1. The van der Waals surface area contributed by atoms with E-state index in [-0.39, 0.29) is 13.0 Å². The van der Waals surface area contributed by atoms with Crippen LogP contribution in [-0.2, 0) is 19.0 Å². The molecule has 1 aromatic heterocycles. The summed E-state index contributed by atoms with van der Waals surface area (Å²) in [4.78, 5) is 49.0. The third-order valence-corrected chi connectivity index (χ3v) is 4.14. The van der Waals surface area contributed by atoms with Gasteiger partial charge in [-0.3, -0.25) is 14.3 Å². The predicted octanol–water partition coefficient (Wildman–Crippen LogP) is 0.171. The van der Waals surface area contributed by atoms with Crippen molar-refractivity contribution >= 4 is 12.1 Å². The highest BCUT2D eigenvalue weighted by atomic mass is 19.1. The van der Waals surface area contributed by atoms with Gasteiger partial charge in [0.2, 0.25) is 5.82 Å². The average molecular weight is 431 g/mol. The number of hydrogen-bond donors (Lipinski definition) is 3. The van der Waals surface area contributed by atoms with E-state index in [1.165, 1.54) is 13.8 Å². The van der Waals surface area contributed by atoms with Crippen molar-refractivity contribution in [3.63, 3.8) is 0 Å². The number of ether oxygens (including phenoxy) is 3. The van der Waals surface area contributed by atoms with Crippen LogP contribution in [0.4, 0.5) is 9.18 Å². The average Bonchev–Trinajstić information content (AvgIpc) is 2.94. The Morgan fingerprint density at radius 1 is 1.33 bits per heavy atom. The number of hydrogen-bond acceptors (Lipinski definition) is 8. The number of aliphatic hydroxyl groups excluding tert-OH is 1. The second-order valence-electron chi connectivity index (χ2n) is 8.43. The summed E-state index contributed by atoms with van der Waals surface area (Å²) in [7, 11) is 0. The van der Waals surface area contributed by atoms with Crippen LogP contribution in [0.2, 0.25) is 0 Å². The van der Waals surface area contributed by atoms with E-state index in [1.54, 1.807) is 25.8 Å². The van der Waals surface area contributed by atoms with Crippen molar-refractivity contribution in [1.82, 2.24) is 14.9 Å². The Morgan fingerprint density at radius 3 is 2.57 bits per heavy atom. The van der Waals surface area contributed by atoms with E-state index in [0.29, 0.717) is 6.20 Å². The summed E-state index contributed by atoms with van der Waals surface area (Å²) < 4.78 is 30.0. The lowest BCUT2D eigenvalue weighted by molar-refractivity contribution is -0.156. The third kappa shape index (κ3) is 5.89. The zero-order valence-corrected chi connectivity index (χ0v) is 17.4. The fourth-order valence-electron chi connectivity index (χ4n) is 2.66. The molecule has 2 rings (SSSR count). The number of amides is 1. The molecule has 168 valence electrons. The molecule has 0 unspecified atom stereocenters. The summed E-state index contributed by atoms with van der Waals surface area (Å²) in [6, 6.07) is 0. The molecule has 11 nitrogen and oxygen atoms in total. The molecule has 0 saturated carbocycles. The van der Waals surface area contributed by atoms with Crippen LogP contribution in [0.5, 0.6) is 0 Å². The lowest BCUT2D eigenvalue weighted by Crippen LogP contribution is -2.52. The van der Waals surface area contributed by atoms with E-state index >= 15 is 0 Å². The first-order valence-electron chi connectivity index (χ1n) is 9.22. The first-order valence-corrected chi connectivity index (χ1v) is 9.22. The molecule has 1 saturated heterocycles. The molecule has 2 heterocycles. The Balaban J connectivity index is 1.96. The van der Waals surface area contributed by atoms with Crippen molar-refractivity contribution in [2.24, 2.45) is 0 Å². The Hall–Kier alpha value is -2.73. The number of esters is 1. The van der Waals surface area contributed by atoms with Gasteiger partial charge in [-0.05, 0) is 34.6 Å². The van der Waals surface area contributed by atoms with Crippen molar-refractivity contribution in [2.45, 2.75) is 70.6 Å². The highest BCUT2D eigenvalue weighted by molar-refractivity contribution is 5.84. The Morgan fingerprint density at radius 2 is 1.97 bits per heavy atom. The SMILES string of the molecule is CC(C)(C)OC(=O)NC(C)(C)C(=O)OC[C@H]1O[C@@H](n2cc(F)c(=O)[nH]c2=O)C[C@@H]1O. The van der Waals surface area contributed by atoms with E-state index in [9.17, 15) is 28.7 Å². The minimum Gasteiger partial charge on any atom is -0.461 e. The minimum absolute atomic E-state index is 0.0901. The highest BCUT2D eigenvalue weighted by Crippen LogP contribution is 2.28. The van der Waals surface area contributed by atoms with Gasteiger partial charge in [-0.15, -0.1) is 0 Å². The number of aromatic nitrogens is 2. The predicted molar refractivity (Wildman–Crippen MR) is 100 cm³/mol. The molecule has 0 bridgehead atoms. The van der Waals surface area contributed by atoms with Crippen molar-refractivity contribution in [3.8, 4) is 0 Å². The van der Waals surface area contributed by atoms with Crippen LogP contribution in [0.3, 0.4) is 0 Å². The topological polar surface area (TPSA) is 149 Å². The van der Waals surface area contributed by atoms with E-state index in [2.05, 4.69) is 5.32 Å². The summed E-state index contributed by atoms with van der Waals surface area (Å²) in [6.45, 7) is 7.47. The number of nitrogens with one attached hydrogen (secondary N) is 2. The van der Waals surface area contributed by atoms with Gasteiger partial charge >= 0.3 is 17.8 Å². The van der Waals surface area contributed by atoms with Gasteiger partial charge in [0.1, 0.15) is 30.1 Å². The molecule has 0 radical (unpaired) electrons. The number of rotatable bonds is 5. The summed E-state index contributed by atoms with van der Waals surface area (Å²) in [6.07, 6.45) is -3.39. The zero-order chi connectivity index (χ0) is 22.9. The van der Waals surface area contributed by atoms with Crippen molar-refractivity contribution < 1.29 is 33.3 Å². The van der Waals surface area contributed by atoms with E-state index in [1.807, 2.05) is 0 Å². The van der Waals surface area contributed by atoms with Gasteiger partial charge < -0.3 is 24.6 Å². The summed E-state index contributed by atoms with van der Waals surface area (Å²) in [5.41, 5.74) is -4.25. The van der Waals surface area contributed by atoms with Gasteiger partial charge in [0.15, 0.2) is 0 Å². The molecule has 30 heavy (non-hydrogen) atoms. The Labute approximate surface area is 171 Å². The van der Waals surface area contributed by atoms with Gasteiger partial charge in [0, 0.05) is 6.42 Å². The summed E-state index contributed by atoms with van der Waals surface area (Å²) in [5.74, 6) is -1.99. The molecule has 1 amide bonds. The number of carbonyl (C=O) groups is 2. The van der Waals surface area contributed by atoms with Crippen LogP contribution in [0.25, 0.3) is 0 Å². The fraction of sp³-hybridized carbons (Fsp3) is 0.667. The molecule has 0 aliphatic carbocycles. The number of carbonyl (C=O) groups excluding carboxylic acids is 2. The van der Waals surface area contributed by atoms with Crippen LogP contribution in [0.15, 0.2) is 15.8 Å². The Bertz CT molecular complexity index is 917. The van der Waals surface area contributed by atoms with E-state index < -0.39 is 58.7 Å². The van der Waals surface area contributed by atoms with Crippen molar-refractivity contribution in [3.05, 3.63) is 32.9 Å². The molecule has 12 heteroatoms. The maximum absolute atomic E-state index is 13.5. The number of alkyl carbamates (subject to hydrolysis) is 1. The van der Waals surface area contributed by atoms with Gasteiger partial charge in [0.25, 0.3) is 5.56 Å². The van der Waals surface area contributed by atoms with E-state index in [4.69, 9.17) is 14.2 Å². The molecular weight excluding hydrogens is 405 g/mol. The van der Waals surface area contributed by atoms with Crippen LogP contribution in [0.1, 0.15) is 47.3 Å². The number of aliphatic hydroxyl groups is 1. The molecule has 0 aromatic carbocycles. The maximum atomic E-state index is 13.5. The molecule has 3 N–H and O–H groups in total. The first-order chi connectivity index (χ1) is 13.7. The first kappa shape index (κ1) is 23.5. The zero-order valence-electron chi connectivity index (χ0n) is 17.4. The normalized spacial score (nSPS) is 21.9. The van der Waals surface area contributed by atoms with Crippen molar-refractivity contribution in [2.75, 3.05) is 6.61 Å². The lowest BCUT2D eigenvalue weighted by Gasteiger charge is -2.27. The van der Waals surface area contributed by atoms with Crippen LogP contribution >= 0.6 is 0 Å². The van der Waals surface area contributed by atoms with Crippen molar-refractivity contribution in [1.29, 1.82) is 0 Å². The molecule has 1 aliphatic heterocycles. The monoisotopic (exact) mass is 431 g/mol. The molecular formula is C18H26FN3O8. The van der Waals surface area contributed by atoms with Crippen LogP contribution < -0.4 is 16.6 Å². The highest BCUT2D eigenvalue weighted by Gasteiger charge is 2.39. The van der Waals surface area contributed by atoms with Crippen LogP contribution in [0, 0.1) is 5.82 Å². The van der Waals surface area contributed by atoms with Crippen LogP contribution in [-0.4, -0.2) is 56.7 Å². The fourth-order valence-corrected chi connectivity index (χ4v) is 2.66. The maximum Gasteiger partial charge on any atom is 0.408 e. The molecule has 0 spiro atoms. The second kappa shape index (κ2) is 8.56. The van der Waals surface area contributed by atoms with Gasteiger partial charge in [0.05, 0.1) is 12.3 Å². The molecule has 1 fully saturated rings.